The lowest BCUT2D eigenvalue weighted by Crippen LogP contribution is -2.27. The zero-order valence-corrected chi connectivity index (χ0v) is 10.4. The predicted molar refractivity (Wildman–Crippen MR) is 73.5 cm³/mol. The van der Waals surface area contributed by atoms with Gasteiger partial charge in [0.05, 0.1) is 10.7 Å². The van der Waals surface area contributed by atoms with Crippen molar-refractivity contribution in [2.75, 3.05) is 5.32 Å². The van der Waals surface area contributed by atoms with E-state index in [1.165, 1.54) is 0 Å². The van der Waals surface area contributed by atoms with Crippen LogP contribution in [0.1, 0.15) is 11.6 Å². The van der Waals surface area contributed by atoms with E-state index in [0.717, 1.165) is 5.56 Å². The van der Waals surface area contributed by atoms with Gasteiger partial charge < -0.3 is 11.1 Å². The van der Waals surface area contributed by atoms with E-state index in [1.54, 1.807) is 24.3 Å². The fraction of sp³-hybridized carbons (Fsp3) is 0.0714. The highest BCUT2D eigenvalue weighted by molar-refractivity contribution is 6.33. The Kier molecular flexibility index (Phi) is 3.97. The summed E-state index contributed by atoms with van der Waals surface area (Å²) in [6, 6.07) is 15.5. The van der Waals surface area contributed by atoms with Gasteiger partial charge in [0.1, 0.15) is 6.04 Å². The minimum absolute atomic E-state index is 0.283. The van der Waals surface area contributed by atoms with Crippen LogP contribution in [0.3, 0.4) is 0 Å². The Morgan fingerprint density at radius 1 is 1.06 bits per heavy atom. The maximum absolute atomic E-state index is 12.0. The first-order valence-corrected chi connectivity index (χ1v) is 5.92. The molecular formula is C14H13ClN2O. The van der Waals surface area contributed by atoms with Crippen molar-refractivity contribution in [2.45, 2.75) is 6.04 Å². The molecule has 2 aromatic rings. The van der Waals surface area contributed by atoms with Crippen LogP contribution in [0.25, 0.3) is 0 Å². The number of nitrogens with one attached hydrogen (secondary N) is 1. The Labute approximate surface area is 111 Å². The minimum Gasteiger partial charge on any atom is -0.323 e. The smallest absolute Gasteiger partial charge is 0.245 e. The molecule has 2 aromatic carbocycles. The van der Waals surface area contributed by atoms with Crippen molar-refractivity contribution in [3.63, 3.8) is 0 Å². The number of halogens is 1. The van der Waals surface area contributed by atoms with Gasteiger partial charge in [0.25, 0.3) is 0 Å². The lowest BCUT2D eigenvalue weighted by Gasteiger charge is -2.13. The van der Waals surface area contributed by atoms with Crippen molar-refractivity contribution >= 4 is 23.2 Å². The number of carbonyl (C=O) groups excluding carboxylic acids is 1. The van der Waals surface area contributed by atoms with E-state index in [2.05, 4.69) is 5.32 Å². The molecule has 0 aliphatic heterocycles. The summed E-state index contributed by atoms with van der Waals surface area (Å²) in [6.07, 6.45) is 0. The predicted octanol–water partition coefficient (Wildman–Crippen LogP) is 2.98. The van der Waals surface area contributed by atoms with E-state index >= 15 is 0 Å². The fourth-order valence-electron chi connectivity index (χ4n) is 1.58. The lowest BCUT2D eigenvalue weighted by atomic mass is 10.1. The largest absolute Gasteiger partial charge is 0.323 e. The molecule has 0 radical (unpaired) electrons. The van der Waals surface area contributed by atoms with Crippen LogP contribution in [0, 0.1) is 0 Å². The van der Waals surface area contributed by atoms with Crippen molar-refractivity contribution in [1.82, 2.24) is 0 Å². The third-order valence-corrected chi connectivity index (χ3v) is 2.90. The lowest BCUT2D eigenvalue weighted by molar-refractivity contribution is -0.117. The Bertz CT molecular complexity index is 543. The van der Waals surface area contributed by atoms with Crippen LogP contribution in [-0.2, 0) is 4.79 Å². The first-order chi connectivity index (χ1) is 8.68. The summed E-state index contributed by atoms with van der Waals surface area (Å²) in [7, 11) is 0. The van der Waals surface area contributed by atoms with E-state index in [9.17, 15) is 4.79 Å². The second-order valence-corrected chi connectivity index (χ2v) is 4.26. The van der Waals surface area contributed by atoms with Gasteiger partial charge >= 0.3 is 0 Å². The van der Waals surface area contributed by atoms with Crippen molar-refractivity contribution in [1.29, 1.82) is 0 Å². The van der Waals surface area contributed by atoms with E-state index in [-0.39, 0.29) is 5.91 Å². The maximum Gasteiger partial charge on any atom is 0.245 e. The number of carbonyl (C=O) groups is 1. The van der Waals surface area contributed by atoms with Crippen LogP contribution in [0.2, 0.25) is 5.02 Å². The number of hydrogen-bond donors (Lipinski definition) is 2. The van der Waals surface area contributed by atoms with Gasteiger partial charge in [0, 0.05) is 0 Å². The van der Waals surface area contributed by atoms with Gasteiger partial charge in [-0.25, -0.2) is 0 Å². The molecule has 0 heterocycles. The van der Waals surface area contributed by atoms with E-state index in [0.29, 0.717) is 10.7 Å². The van der Waals surface area contributed by atoms with E-state index < -0.39 is 6.04 Å². The first kappa shape index (κ1) is 12.6. The summed E-state index contributed by atoms with van der Waals surface area (Å²) in [4.78, 5) is 12.0. The molecular weight excluding hydrogens is 248 g/mol. The van der Waals surface area contributed by atoms with Crippen LogP contribution in [-0.4, -0.2) is 5.91 Å². The molecule has 0 bridgehead atoms. The molecule has 0 aliphatic carbocycles. The van der Waals surface area contributed by atoms with Gasteiger partial charge in [-0.2, -0.15) is 0 Å². The summed E-state index contributed by atoms with van der Waals surface area (Å²) < 4.78 is 0. The minimum atomic E-state index is -0.706. The SMILES string of the molecule is N[C@@H](C(=O)Nc1ccccc1Cl)c1ccccc1. The average molecular weight is 261 g/mol. The quantitative estimate of drug-likeness (QED) is 0.891. The molecule has 1 atom stereocenters. The number of benzene rings is 2. The van der Waals surface area contributed by atoms with Gasteiger partial charge in [-0.05, 0) is 17.7 Å². The molecule has 18 heavy (non-hydrogen) atoms. The summed E-state index contributed by atoms with van der Waals surface area (Å²) >= 11 is 5.96. The van der Waals surface area contributed by atoms with Crippen molar-refractivity contribution < 1.29 is 4.79 Å². The van der Waals surface area contributed by atoms with Crippen LogP contribution in [0.5, 0.6) is 0 Å². The number of hydrogen-bond acceptors (Lipinski definition) is 2. The molecule has 0 spiro atoms. The molecule has 0 saturated carbocycles. The zero-order chi connectivity index (χ0) is 13.0. The molecule has 92 valence electrons. The zero-order valence-electron chi connectivity index (χ0n) is 9.64. The summed E-state index contributed by atoms with van der Waals surface area (Å²) in [5, 5.41) is 3.20. The van der Waals surface area contributed by atoms with Gasteiger partial charge in [-0.15, -0.1) is 0 Å². The monoisotopic (exact) mass is 260 g/mol. The number of amides is 1. The molecule has 4 heteroatoms. The van der Waals surface area contributed by atoms with E-state index in [1.807, 2.05) is 30.3 Å². The topological polar surface area (TPSA) is 55.1 Å². The molecule has 0 aromatic heterocycles. The van der Waals surface area contributed by atoms with Crippen LogP contribution >= 0.6 is 11.6 Å². The Morgan fingerprint density at radius 3 is 2.33 bits per heavy atom. The second kappa shape index (κ2) is 5.67. The van der Waals surface area contributed by atoms with Gasteiger partial charge in [0.15, 0.2) is 0 Å². The highest BCUT2D eigenvalue weighted by Crippen LogP contribution is 2.21. The third-order valence-electron chi connectivity index (χ3n) is 2.57. The number of para-hydroxylation sites is 1. The van der Waals surface area contributed by atoms with Gasteiger partial charge in [-0.1, -0.05) is 54.1 Å². The van der Waals surface area contributed by atoms with Gasteiger partial charge in [0.2, 0.25) is 5.91 Å². The Balaban J connectivity index is 2.12. The molecule has 3 N–H and O–H groups in total. The van der Waals surface area contributed by atoms with Gasteiger partial charge in [-0.3, -0.25) is 4.79 Å². The maximum atomic E-state index is 12.0. The van der Waals surface area contributed by atoms with Crippen LogP contribution in [0.4, 0.5) is 5.69 Å². The molecule has 0 fully saturated rings. The average Bonchev–Trinajstić information content (AvgIpc) is 2.41. The molecule has 0 aliphatic rings. The molecule has 0 saturated heterocycles. The van der Waals surface area contributed by atoms with Crippen molar-refractivity contribution in [2.24, 2.45) is 5.73 Å². The number of anilines is 1. The highest BCUT2D eigenvalue weighted by atomic mass is 35.5. The first-order valence-electron chi connectivity index (χ1n) is 5.54. The van der Waals surface area contributed by atoms with E-state index in [4.69, 9.17) is 17.3 Å². The summed E-state index contributed by atoms with van der Waals surface area (Å²) in [5.74, 6) is -0.283. The van der Waals surface area contributed by atoms with Crippen LogP contribution in [0.15, 0.2) is 54.6 Å². The van der Waals surface area contributed by atoms with Crippen molar-refractivity contribution in [3.8, 4) is 0 Å². The third kappa shape index (κ3) is 2.88. The molecule has 2 rings (SSSR count). The standard InChI is InChI=1S/C14H13ClN2O/c15-11-8-4-5-9-12(11)17-14(18)13(16)10-6-2-1-3-7-10/h1-9,13H,16H2,(H,17,18)/t13-/m1/s1. The van der Waals surface area contributed by atoms with Crippen molar-refractivity contribution in [3.05, 3.63) is 65.2 Å². The summed E-state index contributed by atoms with van der Waals surface area (Å²) in [6.45, 7) is 0. The fourth-order valence-corrected chi connectivity index (χ4v) is 1.77. The normalized spacial score (nSPS) is 11.9. The number of nitrogens with two attached hydrogens (primary N) is 1. The molecule has 3 nitrogen and oxygen atoms in total. The Morgan fingerprint density at radius 2 is 1.67 bits per heavy atom. The Hall–Kier alpha value is -1.84. The molecule has 1 amide bonds. The summed E-state index contributed by atoms with van der Waals surface area (Å²) in [5.41, 5.74) is 7.21. The van der Waals surface area contributed by atoms with Crippen LogP contribution < -0.4 is 11.1 Å². The molecule has 0 unspecified atom stereocenters. The highest BCUT2D eigenvalue weighted by Gasteiger charge is 2.16. The number of rotatable bonds is 3. The second-order valence-electron chi connectivity index (χ2n) is 3.86.